The molecule has 0 aromatic carbocycles. The van der Waals surface area contributed by atoms with Gasteiger partial charge in [0, 0.05) is 17.9 Å². The predicted octanol–water partition coefficient (Wildman–Crippen LogP) is 1.63. The van der Waals surface area contributed by atoms with Gasteiger partial charge in [-0.15, -0.1) is 0 Å². The summed E-state index contributed by atoms with van der Waals surface area (Å²) in [7, 11) is 0. The average Bonchev–Trinajstić information content (AvgIpc) is 2.51. The van der Waals surface area contributed by atoms with Crippen molar-refractivity contribution in [3.05, 3.63) is 0 Å². The molecule has 2 aliphatic rings. The Morgan fingerprint density at radius 2 is 2.36 bits per heavy atom. The molecule has 80 valence electrons. The average molecular weight is 214 g/mol. The maximum Gasteiger partial charge on any atom is 0.157 e. The third-order valence-corrected chi connectivity index (χ3v) is 3.64. The first-order valence-electron chi connectivity index (χ1n) is 5.33. The second kappa shape index (κ2) is 4.53. The summed E-state index contributed by atoms with van der Waals surface area (Å²) in [5, 5.41) is 5.30. The quantitative estimate of drug-likeness (QED) is 0.720. The molecule has 3 unspecified atom stereocenters. The monoisotopic (exact) mass is 214 g/mol. The first-order chi connectivity index (χ1) is 6.74. The van der Waals surface area contributed by atoms with Gasteiger partial charge in [0.2, 0.25) is 0 Å². The Balaban J connectivity index is 1.79. The molecule has 2 aliphatic heterocycles. The first-order valence-corrected chi connectivity index (χ1v) is 6.21. The number of thioether (sulfide) groups is 1. The highest BCUT2D eigenvalue weighted by molar-refractivity contribution is 8.14. The molecule has 0 amide bonds. The van der Waals surface area contributed by atoms with Crippen LogP contribution in [0.3, 0.4) is 0 Å². The maximum atomic E-state index is 5.51. The maximum absolute atomic E-state index is 5.51. The summed E-state index contributed by atoms with van der Waals surface area (Å²) in [6.45, 7) is 6.20. The summed E-state index contributed by atoms with van der Waals surface area (Å²) in [5.74, 6) is 0. The fourth-order valence-corrected chi connectivity index (χ4v) is 2.77. The lowest BCUT2D eigenvalue weighted by atomic mass is 10.1. The van der Waals surface area contributed by atoms with Crippen LogP contribution >= 0.6 is 11.8 Å². The molecule has 1 N–H and O–H groups in total. The van der Waals surface area contributed by atoms with Gasteiger partial charge in [-0.1, -0.05) is 18.7 Å². The molecule has 2 heterocycles. The number of nitrogens with one attached hydrogen (secondary N) is 1. The molecule has 3 nitrogen and oxygen atoms in total. The molecular weight excluding hydrogens is 196 g/mol. The highest BCUT2D eigenvalue weighted by Crippen LogP contribution is 2.21. The lowest BCUT2D eigenvalue weighted by Crippen LogP contribution is -2.39. The van der Waals surface area contributed by atoms with Gasteiger partial charge in [0.1, 0.15) is 0 Å². The molecule has 0 bridgehead atoms. The highest BCUT2D eigenvalue weighted by atomic mass is 32.2. The Hall–Kier alpha value is -0.220. The van der Waals surface area contributed by atoms with Crippen molar-refractivity contribution in [3.8, 4) is 0 Å². The van der Waals surface area contributed by atoms with E-state index >= 15 is 0 Å². The summed E-state index contributed by atoms with van der Waals surface area (Å²) in [4.78, 5) is 4.46. The van der Waals surface area contributed by atoms with Crippen molar-refractivity contribution >= 4 is 16.9 Å². The number of amidine groups is 1. The van der Waals surface area contributed by atoms with E-state index in [9.17, 15) is 0 Å². The summed E-state index contributed by atoms with van der Waals surface area (Å²) in [6.07, 6.45) is 2.61. The van der Waals surface area contributed by atoms with E-state index in [0.717, 1.165) is 31.2 Å². The Bertz CT molecular complexity index is 232. The molecule has 0 spiro atoms. The zero-order valence-corrected chi connectivity index (χ0v) is 9.64. The van der Waals surface area contributed by atoms with Crippen molar-refractivity contribution < 1.29 is 4.74 Å². The van der Waals surface area contributed by atoms with Gasteiger partial charge in [0.25, 0.3) is 0 Å². The van der Waals surface area contributed by atoms with Crippen LogP contribution in [0.15, 0.2) is 4.99 Å². The van der Waals surface area contributed by atoms with Crippen molar-refractivity contribution in [1.29, 1.82) is 0 Å². The van der Waals surface area contributed by atoms with E-state index in [4.69, 9.17) is 4.74 Å². The molecule has 3 atom stereocenters. The lowest BCUT2D eigenvalue weighted by molar-refractivity contribution is 0.0168. The summed E-state index contributed by atoms with van der Waals surface area (Å²) >= 11 is 1.86. The first kappa shape index (κ1) is 10.3. The van der Waals surface area contributed by atoms with Crippen LogP contribution < -0.4 is 5.32 Å². The second-order valence-electron chi connectivity index (χ2n) is 4.12. The van der Waals surface area contributed by atoms with Crippen LogP contribution in [0.4, 0.5) is 0 Å². The normalized spacial score (nSPS) is 38.1. The zero-order chi connectivity index (χ0) is 9.97. The molecule has 2 rings (SSSR count). The predicted molar refractivity (Wildman–Crippen MR) is 60.9 cm³/mol. The van der Waals surface area contributed by atoms with E-state index in [2.05, 4.69) is 24.2 Å². The molecule has 0 aromatic rings. The van der Waals surface area contributed by atoms with Gasteiger partial charge in [-0.05, 0) is 19.8 Å². The largest absolute Gasteiger partial charge is 0.378 e. The third kappa shape index (κ3) is 2.64. The van der Waals surface area contributed by atoms with E-state index in [1.165, 1.54) is 0 Å². The number of hydrogen-bond donors (Lipinski definition) is 1. The van der Waals surface area contributed by atoms with Crippen molar-refractivity contribution in [2.24, 2.45) is 4.99 Å². The van der Waals surface area contributed by atoms with Crippen LogP contribution in [0.2, 0.25) is 0 Å². The molecule has 4 heteroatoms. The smallest absolute Gasteiger partial charge is 0.157 e. The number of aliphatic imine (C=N–C) groups is 1. The lowest BCUT2D eigenvalue weighted by Gasteiger charge is -2.28. The number of hydrogen-bond acceptors (Lipinski definition) is 4. The second-order valence-corrected chi connectivity index (χ2v) is 5.55. The minimum atomic E-state index is 0.394. The summed E-state index contributed by atoms with van der Waals surface area (Å²) in [6, 6.07) is 0.565. The molecule has 1 fully saturated rings. The SMILES string of the molecule is CC1CC(NC2=NCC(C)S2)CCO1. The molecule has 1 saturated heterocycles. The van der Waals surface area contributed by atoms with Gasteiger partial charge in [-0.2, -0.15) is 0 Å². The van der Waals surface area contributed by atoms with E-state index in [-0.39, 0.29) is 0 Å². The van der Waals surface area contributed by atoms with E-state index in [1.54, 1.807) is 0 Å². The van der Waals surface area contributed by atoms with Crippen LogP contribution in [0.1, 0.15) is 26.7 Å². The van der Waals surface area contributed by atoms with Gasteiger partial charge in [0.05, 0.1) is 12.6 Å². The molecular formula is C10H18N2OS. The Labute approximate surface area is 89.7 Å². The van der Waals surface area contributed by atoms with Crippen LogP contribution in [0.5, 0.6) is 0 Å². The van der Waals surface area contributed by atoms with E-state index in [1.807, 2.05) is 11.8 Å². The minimum absolute atomic E-state index is 0.394. The van der Waals surface area contributed by atoms with Gasteiger partial charge < -0.3 is 10.1 Å². The summed E-state index contributed by atoms with van der Waals surface area (Å²) < 4.78 is 5.51. The van der Waals surface area contributed by atoms with Crippen LogP contribution in [-0.4, -0.2) is 35.7 Å². The van der Waals surface area contributed by atoms with Crippen LogP contribution in [-0.2, 0) is 4.74 Å². The molecule has 14 heavy (non-hydrogen) atoms. The Kier molecular flexibility index (Phi) is 3.34. The molecule has 0 radical (unpaired) electrons. The highest BCUT2D eigenvalue weighted by Gasteiger charge is 2.22. The van der Waals surface area contributed by atoms with Gasteiger partial charge in [0.15, 0.2) is 5.17 Å². The number of rotatable bonds is 1. The fraction of sp³-hybridized carbons (Fsp3) is 0.900. The van der Waals surface area contributed by atoms with Crippen molar-refractivity contribution in [1.82, 2.24) is 5.32 Å². The molecule has 0 aliphatic carbocycles. The Morgan fingerprint density at radius 1 is 1.50 bits per heavy atom. The number of nitrogens with zero attached hydrogens (tertiary/aromatic N) is 1. The fourth-order valence-electron chi connectivity index (χ4n) is 1.86. The summed E-state index contributed by atoms with van der Waals surface area (Å²) in [5.41, 5.74) is 0. The zero-order valence-electron chi connectivity index (χ0n) is 8.82. The van der Waals surface area contributed by atoms with E-state index in [0.29, 0.717) is 17.4 Å². The van der Waals surface area contributed by atoms with Crippen molar-refractivity contribution in [3.63, 3.8) is 0 Å². The molecule has 0 saturated carbocycles. The number of ether oxygens (including phenoxy) is 1. The topological polar surface area (TPSA) is 33.6 Å². The van der Waals surface area contributed by atoms with Gasteiger partial charge in [-0.3, -0.25) is 4.99 Å². The van der Waals surface area contributed by atoms with Crippen molar-refractivity contribution in [2.45, 2.75) is 44.1 Å². The third-order valence-electron chi connectivity index (χ3n) is 2.62. The molecule has 0 aromatic heterocycles. The standard InChI is InChI=1S/C10H18N2OS/c1-7-5-9(3-4-13-7)12-10-11-6-8(2)14-10/h7-9H,3-6H2,1-2H3,(H,11,12). The van der Waals surface area contributed by atoms with Crippen LogP contribution in [0.25, 0.3) is 0 Å². The van der Waals surface area contributed by atoms with Crippen molar-refractivity contribution in [2.75, 3.05) is 13.2 Å². The minimum Gasteiger partial charge on any atom is -0.378 e. The van der Waals surface area contributed by atoms with Crippen LogP contribution in [0, 0.1) is 0 Å². The van der Waals surface area contributed by atoms with E-state index < -0.39 is 0 Å². The van der Waals surface area contributed by atoms with Gasteiger partial charge in [-0.25, -0.2) is 0 Å². The Morgan fingerprint density at radius 3 is 3.00 bits per heavy atom. The van der Waals surface area contributed by atoms with Gasteiger partial charge >= 0.3 is 0 Å².